The number of nitrogens with two attached hydrogens (primary N) is 2. The predicted molar refractivity (Wildman–Crippen MR) is 266 cm³/mol. The number of amides is 1. The van der Waals surface area contributed by atoms with Crippen molar-refractivity contribution in [2.45, 2.75) is 255 Å². The second kappa shape index (κ2) is 28.7. The molecule has 5 fully saturated rings. The van der Waals surface area contributed by atoms with Crippen LogP contribution in [0.5, 0.6) is 0 Å². The topological polar surface area (TPSA) is 239 Å². The quantitative estimate of drug-likeness (QED) is 0.0518. The van der Waals surface area contributed by atoms with Gasteiger partial charge in [-0.15, -0.1) is 0 Å². The molecule has 6 heterocycles. The molecule has 0 saturated carbocycles. The zero-order valence-corrected chi connectivity index (χ0v) is 43.7. The molecule has 71 heavy (non-hydrogen) atoms. The number of rotatable bonds is 33. The molecule has 11 atom stereocenters. The van der Waals surface area contributed by atoms with Gasteiger partial charge in [-0.2, -0.15) is 0 Å². The summed E-state index contributed by atoms with van der Waals surface area (Å²) in [5.74, 6) is -2.24. The lowest BCUT2D eigenvalue weighted by Gasteiger charge is -2.32. The van der Waals surface area contributed by atoms with Crippen LogP contribution >= 0.6 is 0 Å². The van der Waals surface area contributed by atoms with Crippen LogP contribution in [0.1, 0.15) is 169 Å². The Hall–Kier alpha value is -2.82. The van der Waals surface area contributed by atoms with Crippen molar-refractivity contribution in [3.05, 3.63) is 33.1 Å². The summed E-state index contributed by atoms with van der Waals surface area (Å²) < 4.78 is 59.3. The number of aromatic amines is 1. The first kappa shape index (κ1) is 57.5. The molecule has 1 aromatic rings. The Labute approximate surface area is 421 Å². The molecule has 6 rings (SSSR count). The molecule has 6 N–H and O–H groups in total. The maximum Gasteiger partial charge on any atom is 0.328 e. The van der Waals surface area contributed by atoms with Gasteiger partial charge >= 0.3 is 11.7 Å². The first-order valence-electron chi connectivity index (χ1n) is 27.6. The van der Waals surface area contributed by atoms with Gasteiger partial charge in [0.15, 0.2) is 24.2 Å². The second-order valence-corrected chi connectivity index (χ2v) is 20.3. The van der Waals surface area contributed by atoms with E-state index in [1.165, 1.54) is 74.6 Å². The van der Waals surface area contributed by atoms with Gasteiger partial charge in [0.1, 0.15) is 48.8 Å². The van der Waals surface area contributed by atoms with E-state index in [1.54, 1.807) is 0 Å². The summed E-state index contributed by atoms with van der Waals surface area (Å²) in [5, 5.41) is 3.19. The van der Waals surface area contributed by atoms with Crippen LogP contribution in [0.4, 0.5) is 0 Å². The first-order valence-corrected chi connectivity index (χ1v) is 27.6. The number of carbonyl (C=O) groups excluding carboxylic acids is 2. The number of hydrogen-bond donors (Lipinski definition) is 4. The molecule has 1 aromatic heterocycles. The third-order valence-corrected chi connectivity index (χ3v) is 15.4. The van der Waals surface area contributed by atoms with Crippen molar-refractivity contribution in [3.63, 3.8) is 0 Å². The van der Waals surface area contributed by atoms with E-state index in [1.807, 2.05) is 32.6 Å². The van der Waals surface area contributed by atoms with E-state index < -0.39 is 90.2 Å². The fourth-order valence-corrected chi connectivity index (χ4v) is 10.8. The molecule has 5 saturated heterocycles. The lowest BCUT2D eigenvalue weighted by molar-refractivity contribution is -0.249. The number of H-pyrrole nitrogens is 1. The van der Waals surface area contributed by atoms with Crippen molar-refractivity contribution < 1.29 is 52.2 Å². The lowest BCUT2D eigenvalue weighted by Crippen LogP contribution is -2.51. The fourth-order valence-electron chi connectivity index (χ4n) is 10.8. The number of ether oxygens (including phenoxy) is 9. The van der Waals surface area contributed by atoms with Gasteiger partial charge in [0.2, 0.25) is 5.91 Å². The highest BCUT2D eigenvalue weighted by molar-refractivity contribution is 5.82. The summed E-state index contributed by atoms with van der Waals surface area (Å²) >= 11 is 0. The molecule has 1 amide bonds. The maximum absolute atomic E-state index is 14.7. The van der Waals surface area contributed by atoms with Crippen molar-refractivity contribution in [3.8, 4) is 0 Å². The number of aromatic nitrogens is 2. The van der Waals surface area contributed by atoms with Gasteiger partial charge in [-0.3, -0.25) is 24.3 Å². The predicted octanol–water partition coefficient (Wildman–Crippen LogP) is 5.27. The van der Waals surface area contributed by atoms with Crippen molar-refractivity contribution in [2.24, 2.45) is 11.5 Å². The molecule has 19 heteroatoms. The van der Waals surface area contributed by atoms with E-state index in [0.29, 0.717) is 64.5 Å². The minimum atomic E-state index is -0.843. The summed E-state index contributed by atoms with van der Waals surface area (Å²) in [7, 11) is 0. The summed E-state index contributed by atoms with van der Waals surface area (Å²) in [6, 6.07) is -0.272. The number of nitrogens with one attached hydrogen (secondary N) is 2. The molecular weight excluding hydrogens is 917 g/mol. The standard InChI is InChI=1S/C52H90N6O13/c1-6-11-12-13-14-15-16-17-18-19-20-21-23-26-42(60)65-40-33-58(29-25-22-24-28-57-30-27-41(59)56-50(57)62)37(35-64-49-46-44(39(32-54)67-49)69-52(9-4,10-5)71-46)47(61)55-36(40)34-63-48-45-43(38(31-53)66-48)68-51(7-2,8-3)70-45/h27,30,36-40,43-46,48-49H,6-26,28-29,31-35,53-54H2,1-5H3,(H,55,61)(H,56,59,62)/t36-,37+,38-,39-,40+,43-,44-,45-,46-,48-,49-/m1/s1. The molecule has 0 radical (unpaired) electrons. The minimum absolute atomic E-state index is 0.0491. The van der Waals surface area contributed by atoms with Crippen molar-refractivity contribution in [1.82, 2.24) is 19.8 Å². The Morgan fingerprint density at radius 2 is 1.15 bits per heavy atom. The summed E-state index contributed by atoms with van der Waals surface area (Å²) in [4.78, 5) is 56.9. The average Bonchev–Trinajstić information content (AvgIpc) is 4.11. The van der Waals surface area contributed by atoms with Gasteiger partial charge in [-0.25, -0.2) is 4.79 Å². The number of hydrogen-bond acceptors (Lipinski definition) is 16. The highest BCUT2D eigenvalue weighted by Gasteiger charge is 2.59. The summed E-state index contributed by atoms with van der Waals surface area (Å²) in [6.07, 6.45) is 16.5. The number of unbranched alkanes of at least 4 members (excludes halogenated alkanes) is 14. The first-order chi connectivity index (χ1) is 34.4. The third kappa shape index (κ3) is 15.6. The Bertz CT molecular complexity index is 1860. The van der Waals surface area contributed by atoms with Crippen molar-refractivity contribution in [1.29, 1.82) is 0 Å². The Morgan fingerprint density at radius 3 is 1.68 bits per heavy atom. The molecule has 0 bridgehead atoms. The van der Waals surface area contributed by atoms with Gasteiger partial charge < -0.3 is 64.0 Å². The Morgan fingerprint density at radius 1 is 0.662 bits per heavy atom. The third-order valence-electron chi connectivity index (χ3n) is 15.4. The minimum Gasteiger partial charge on any atom is -0.459 e. The number of nitrogens with zero attached hydrogens (tertiary/aromatic N) is 2. The average molecular weight is 1010 g/mol. The summed E-state index contributed by atoms with van der Waals surface area (Å²) in [5.41, 5.74) is 11.4. The Balaban J connectivity index is 1.14. The second-order valence-electron chi connectivity index (χ2n) is 20.3. The van der Waals surface area contributed by atoms with Crippen LogP contribution in [-0.4, -0.2) is 145 Å². The molecule has 19 nitrogen and oxygen atoms in total. The van der Waals surface area contributed by atoms with Gasteiger partial charge in [-0.05, 0) is 51.5 Å². The molecule has 5 aliphatic heterocycles. The van der Waals surface area contributed by atoms with E-state index >= 15 is 0 Å². The van der Waals surface area contributed by atoms with Crippen LogP contribution in [0, 0.1) is 0 Å². The summed E-state index contributed by atoms with van der Waals surface area (Å²) in [6.45, 7) is 11.6. The Kier molecular flexibility index (Phi) is 23.3. The zero-order valence-electron chi connectivity index (χ0n) is 43.7. The van der Waals surface area contributed by atoms with E-state index in [9.17, 15) is 19.2 Å². The van der Waals surface area contributed by atoms with Crippen LogP contribution in [0.25, 0.3) is 0 Å². The van der Waals surface area contributed by atoms with E-state index in [0.717, 1.165) is 19.3 Å². The molecule has 5 aliphatic rings. The van der Waals surface area contributed by atoms with Crippen LogP contribution in [-0.2, 0) is 58.8 Å². The molecule has 0 aromatic carbocycles. The van der Waals surface area contributed by atoms with Crippen LogP contribution < -0.4 is 28.0 Å². The SMILES string of the molecule is CCCCCCCCCCCCCCCC(=O)O[C@H]1CN(CCCCCn2ccc(=O)[nH]c2=O)[C@@H](CO[C@@H]2O[C@H](CN)[C@H]3OC(CC)(CC)O[C@@H]23)C(=O)N[C@@H]1CO[C@@H]1O[C@H](CN)[C@H]2OC(CC)(CC)O[C@@H]12. The molecule has 0 aliphatic carbocycles. The monoisotopic (exact) mass is 1010 g/mol. The van der Waals surface area contributed by atoms with Gasteiger partial charge in [0.05, 0.1) is 19.3 Å². The zero-order chi connectivity index (χ0) is 50.8. The number of esters is 1. The van der Waals surface area contributed by atoms with E-state index in [-0.39, 0.29) is 51.1 Å². The van der Waals surface area contributed by atoms with E-state index in [2.05, 4.69) is 17.2 Å². The van der Waals surface area contributed by atoms with Crippen LogP contribution in [0.2, 0.25) is 0 Å². The van der Waals surface area contributed by atoms with Crippen molar-refractivity contribution in [2.75, 3.05) is 39.4 Å². The number of aryl methyl sites for hydroxylation is 1. The molecule has 0 unspecified atom stereocenters. The molecular formula is C52H90N6O13. The normalized spacial score (nSPS) is 30.1. The lowest BCUT2D eigenvalue weighted by atomic mass is 10.0. The largest absolute Gasteiger partial charge is 0.459 e. The van der Waals surface area contributed by atoms with Gasteiger partial charge in [0.25, 0.3) is 5.56 Å². The molecule has 406 valence electrons. The van der Waals surface area contributed by atoms with Gasteiger partial charge in [0, 0.05) is 44.9 Å². The highest BCUT2D eigenvalue weighted by atomic mass is 16.8. The maximum atomic E-state index is 14.7. The van der Waals surface area contributed by atoms with Crippen molar-refractivity contribution >= 4 is 11.9 Å². The smallest absolute Gasteiger partial charge is 0.328 e. The van der Waals surface area contributed by atoms with Gasteiger partial charge in [-0.1, -0.05) is 118 Å². The number of fused-ring (bicyclic) bond motifs is 2. The molecule has 0 spiro atoms. The number of carbonyl (C=O) groups is 2. The van der Waals surface area contributed by atoms with Crippen LogP contribution in [0.3, 0.4) is 0 Å². The van der Waals surface area contributed by atoms with Crippen LogP contribution in [0.15, 0.2) is 21.9 Å². The fraction of sp³-hybridized carbons (Fsp3) is 0.885. The van der Waals surface area contributed by atoms with E-state index in [4.69, 9.17) is 54.1 Å². The highest BCUT2D eigenvalue weighted by Crippen LogP contribution is 2.44.